The molecular weight excluding hydrogens is 296 g/mol. The number of aromatic amines is 1. The van der Waals surface area contributed by atoms with Gasteiger partial charge in [0.15, 0.2) is 0 Å². The molecule has 0 atom stereocenters. The number of rotatable bonds is 5. The van der Waals surface area contributed by atoms with Gasteiger partial charge >= 0.3 is 0 Å². The zero-order chi connectivity index (χ0) is 15.2. The van der Waals surface area contributed by atoms with Gasteiger partial charge < -0.3 is 4.90 Å². The van der Waals surface area contributed by atoms with Crippen molar-refractivity contribution in [2.75, 3.05) is 18.8 Å². The Morgan fingerprint density at radius 2 is 1.86 bits per heavy atom. The Hall–Kier alpha value is -1.04. The molecule has 5 nitrogen and oxygen atoms in total. The molecule has 0 unspecified atom stereocenters. The van der Waals surface area contributed by atoms with Gasteiger partial charge in [-0.25, -0.2) is 4.98 Å². The molecular formula is C16H26N4OS. The molecule has 0 aromatic carbocycles. The molecule has 1 aromatic heterocycles. The number of aromatic nitrogens is 3. The number of amides is 1. The molecule has 2 heterocycles. The van der Waals surface area contributed by atoms with Crippen LogP contribution < -0.4 is 0 Å². The topological polar surface area (TPSA) is 61.9 Å². The van der Waals surface area contributed by atoms with E-state index in [2.05, 4.69) is 15.2 Å². The van der Waals surface area contributed by atoms with Gasteiger partial charge in [0.25, 0.3) is 0 Å². The minimum Gasteiger partial charge on any atom is -0.342 e. The van der Waals surface area contributed by atoms with Crippen molar-refractivity contribution in [1.82, 2.24) is 20.1 Å². The summed E-state index contributed by atoms with van der Waals surface area (Å²) >= 11 is 1.46. The Morgan fingerprint density at radius 3 is 2.59 bits per heavy atom. The summed E-state index contributed by atoms with van der Waals surface area (Å²) in [5, 5.41) is 8.01. The quantitative estimate of drug-likeness (QED) is 0.847. The van der Waals surface area contributed by atoms with Gasteiger partial charge in [0.2, 0.25) is 11.1 Å². The first-order valence-corrected chi connectivity index (χ1v) is 9.61. The lowest BCUT2D eigenvalue weighted by atomic mass is 10.0. The molecule has 22 heavy (non-hydrogen) atoms. The highest BCUT2D eigenvalue weighted by Gasteiger charge is 2.19. The molecule has 1 aliphatic heterocycles. The molecule has 2 aliphatic rings. The first-order chi connectivity index (χ1) is 10.8. The van der Waals surface area contributed by atoms with Crippen LogP contribution in [0, 0.1) is 5.92 Å². The molecule has 0 spiro atoms. The SMILES string of the molecule is O=C(CSc1n[nH]c(CC2CCCC2)n1)N1CCCCCC1. The smallest absolute Gasteiger partial charge is 0.233 e. The maximum atomic E-state index is 12.2. The standard InChI is InChI=1S/C16H26N4OS/c21-15(20-9-5-1-2-6-10-20)12-22-16-17-14(18-19-16)11-13-7-3-4-8-13/h13H,1-12H2,(H,17,18,19). The van der Waals surface area contributed by atoms with Crippen molar-refractivity contribution in [3.05, 3.63) is 5.82 Å². The third-order valence-electron chi connectivity index (χ3n) is 4.75. The number of thioether (sulfide) groups is 1. The first kappa shape index (κ1) is 15.8. The van der Waals surface area contributed by atoms with Gasteiger partial charge in [0.05, 0.1) is 5.75 Å². The third kappa shape index (κ3) is 4.48. The molecule has 3 rings (SSSR count). The Kier molecular flexibility index (Phi) is 5.76. The van der Waals surface area contributed by atoms with Crippen LogP contribution in [0.2, 0.25) is 0 Å². The second-order valence-corrected chi connectivity index (χ2v) is 7.45. The average molecular weight is 322 g/mol. The van der Waals surface area contributed by atoms with E-state index in [4.69, 9.17) is 0 Å². The molecule has 1 aliphatic carbocycles. The average Bonchev–Trinajstić information content (AvgIpc) is 3.11. The van der Waals surface area contributed by atoms with Gasteiger partial charge in [0, 0.05) is 19.5 Å². The van der Waals surface area contributed by atoms with E-state index in [0.717, 1.165) is 49.3 Å². The van der Waals surface area contributed by atoms with Gasteiger partial charge in [-0.2, -0.15) is 0 Å². The third-order valence-corrected chi connectivity index (χ3v) is 5.58. The number of hydrogen-bond donors (Lipinski definition) is 1. The van der Waals surface area contributed by atoms with Crippen LogP contribution in [0.25, 0.3) is 0 Å². The molecule has 1 aromatic rings. The van der Waals surface area contributed by atoms with E-state index in [0.29, 0.717) is 5.75 Å². The summed E-state index contributed by atoms with van der Waals surface area (Å²) in [6.45, 7) is 1.83. The van der Waals surface area contributed by atoms with Gasteiger partial charge in [-0.05, 0) is 18.8 Å². The minimum absolute atomic E-state index is 0.231. The number of H-pyrrole nitrogens is 1. The Balaban J connectivity index is 1.44. The number of likely N-dealkylation sites (tertiary alicyclic amines) is 1. The zero-order valence-corrected chi connectivity index (χ0v) is 14.0. The van der Waals surface area contributed by atoms with E-state index in [1.807, 2.05) is 4.90 Å². The maximum Gasteiger partial charge on any atom is 0.233 e. The highest BCUT2D eigenvalue weighted by Crippen LogP contribution is 2.27. The van der Waals surface area contributed by atoms with Crippen molar-refractivity contribution in [3.63, 3.8) is 0 Å². The number of carbonyl (C=O) groups is 1. The fourth-order valence-corrected chi connectivity index (χ4v) is 4.18. The van der Waals surface area contributed by atoms with E-state index >= 15 is 0 Å². The van der Waals surface area contributed by atoms with Gasteiger partial charge in [-0.1, -0.05) is 50.3 Å². The van der Waals surface area contributed by atoms with E-state index < -0.39 is 0 Å². The van der Waals surface area contributed by atoms with Crippen LogP contribution >= 0.6 is 11.8 Å². The summed E-state index contributed by atoms with van der Waals surface area (Å²) in [5.74, 6) is 2.44. The maximum absolute atomic E-state index is 12.2. The minimum atomic E-state index is 0.231. The molecule has 0 bridgehead atoms. The highest BCUT2D eigenvalue weighted by atomic mass is 32.2. The van der Waals surface area contributed by atoms with Crippen molar-refractivity contribution in [3.8, 4) is 0 Å². The van der Waals surface area contributed by atoms with E-state index in [1.54, 1.807) is 0 Å². The molecule has 1 saturated carbocycles. The van der Waals surface area contributed by atoms with Crippen molar-refractivity contribution in [2.45, 2.75) is 62.9 Å². The fraction of sp³-hybridized carbons (Fsp3) is 0.812. The van der Waals surface area contributed by atoms with Crippen LogP contribution in [0.5, 0.6) is 0 Å². The van der Waals surface area contributed by atoms with Crippen LogP contribution in [0.3, 0.4) is 0 Å². The summed E-state index contributed by atoms with van der Waals surface area (Å²) in [6, 6.07) is 0. The molecule has 1 saturated heterocycles. The summed E-state index contributed by atoms with van der Waals surface area (Å²) < 4.78 is 0. The molecule has 122 valence electrons. The number of hydrogen-bond acceptors (Lipinski definition) is 4. The molecule has 1 amide bonds. The summed E-state index contributed by atoms with van der Waals surface area (Å²) in [4.78, 5) is 18.8. The van der Waals surface area contributed by atoms with Crippen LogP contribution in [0.1, 0.15) is 57.2 Å². The van der Waals surface area contributed by atoms with E-state index in [1.165, 1.54) is 50.3 Å². The van der Waals surface area contributed by atoms with E-state index in [-0.39, 0.29) is 5.91 Å². The fourth-order valence-electron chi connectivity index (χ4n) is 3.46. The molecule has 2 fully saturated rings. The van der Waals surface area contributed by atoms with Gasteiger partial charge in [-0.3, -0.25) is 9.89 Å². The second kappa shape index (κ2) is 7.99. The predicted molar refractivity (Wildman–Crippen MR) is 87.8 cm³/mol. The second-order valence-electron chi connectivity index (χ2n) is 6.50. The summed E-state index contributed by atoms with van der Waals surface area (Å²) in [6.07, 6.45) is 11.1. The lowest BCUT2D eigenvalue weighted by Gasteiger charge is -2.19. The zero-order valence-electron chi connectivity index (χ0n) is 13.2. The van der Waals surface area contributed by atoms with Crippen LogP contribution in [0.4, 0.5) is 0 Å². The molecule has 6 heteroatoms. The van der Waals surface area contributed by atoms with Crippen LogP contribution in [-0.4, -0.2) is 44.8 Å². The first-order valence-electron chi connectivity index (χ1n) is 8.63. The monoisotopic (exact) mass is 322 g/mol. The largest absolute Gasteiger partial charge is 0.342 e. The van der Waals surface area contributed by atoms with Crippen LogP contribution in [-0.2, 0) is 11.2 Å². The predicted octanol–water partition coefficient (Wildman–Crippen LogP) is 3.03. The number of carbonyl (C=O) groups excluding carboxylic acids is 1. The van der Waals surface area contributed by atoms with Crippen molar-refractivity contribution >= 4 is 17.7 Å². The summed E-state index contributed by atoms with van der Waals surface area (Å²) in [7, 11) is 0. The van der Waals surface area contributed by atoms with Crippen molar-refractivity contribution < 1.29 is 4.79 Å². The molecule has 0 radical (unpaired) electrons. The van der Waals surface area contributed by atoms with Crippen molar-refractivity contribution in [2.24, 2.45) is 5.92 Å². The van der Waals surface area contributed by atoms with Gasteiger partial charge in [0.1, 0.15) is 5.82 Å². The normalized spacial score (nSPS) is 20.3. The number of nitrogens with one attached hydrogen (secondary N) is 1. The van der Waals surface area contributed by atoms with E-state index in [9.17, 15) is 4.79 Å². The lowest BCUT2D eigenvalue weighted by Crippen LogP contribution is -2.33. The Morgan fingerprint density at radius 1 is 1.14 bits per heavy atom. The van der Waals surface area contributed by atoms with Gasteiger partial charge in [-0.15, -0.1) is 5.10 Å². The van der Waals surface area contributed by atoms with Crippen molar-refractivity contribution in [1.29, 1.82) is 0 Å². The highest BCUT2D eigenvalue weighted by molar-refractivity contribution is 7.99. The lowest BCUT2D eigenvalue weighted by molar-refractivity contribution is -0.128. The van der Waals surface area contributed by atoms with Crippen LogP contribution in [0.15, 0.2) is 5.16 Å². The molecule has 1 N–H and O–H groups in total. The Bertz CT molecular complexity index is 476. The summed E-state index contributed by atoms with van der Waals surface area (Å²) in [5.41, 5.74) is 0. The Labute approximate surface area is 136 Å². The number of nitrogens with zero attached hydrogens (tertiary/aromatic N) is 3.